The van der Waals surface area contributed by atoms with Gasteiger partial charge in [0.2, 0.25) is 0 Å². The molecule has 2 heteroatoms. The molecule has 0 spiro atoms. The quantitative estimate of drug-likeness (QED) is 0.311. The lowest BCUT2D eigenvalue weighted by molar-refractivity contribution is 0.372. The van der Waals surface area contributed by atoms with Crippen LogP contribution in [-0.2, 0) is 4.43 Å². The molecular weight excluding hydrogens is 224 g/mol. The van der Waals surface area contributed by atoms with Crippen molar-refractivity contribution in [3.05, 3.63) is 6.61 Å². The molecule has 0 saturated carbocycles. The highest BCUT2D eigenvalue weighted by atomic mass is 28.4. The van der Waals surface area contributed by atoms with Crippen LogP contribution in [0.25, 0.3) is 0 Å². The van der Waals surface area contributed by atoms with Gasteiger partial charge < -0.3 is 4.43 Å². The van der Waals surface area contributed by atoms with Crippen LogP contribution in [0.3, 0.4) is 0 Å². The van der Waals surface area contributed by atoms with E-state index in [1.165, 1.54) is 57.4 Å². The van der Waals surface area contributed by atoms with Crippen LogP contribution in [0, 0.1) is 6.61 Å². The predicted molar refractivity (Wildman–Crippen MR) is 80.6 cm³/mol. The fourth-order valence-electron chi connectivity index (χ4n) is 1.95. The van der Waals surface area contributed by atoms with E-state index in [4.69, 9.17) is 4.43 Å². The van der Waals surface area contributed by atoms with Gasteiger partial charge in [0.05, 0.1) is 6.61 Å². The molecule has 0 heterocycles. The maximum absolute atomic E-state index is 5.97. The molecule has 0 N–H and O–H groups in total. The lowest BCUT2D eigenvalue weighted by Gasteiger charge is -2.22. The monoisotopic (exact) mass is 257 g/mol. The van der Waals surface area contributed by atoms with Crippen molar-refractivity contribution in [3.63, 3.8) is 0 Å². The van der Waals surface area contributed by atoms with E-state index in [9.17, 15) is 0 Å². The number of hydrogen-bond acceptors (Lipinski definition) is 1. The topological polar surface area (TPSA) is 9.23 Å². The standard InChI is InChI=1S/C15H33OSi/c1-5-7-9-10-11-12-13-14-16-17(3,4)15-8-6-2/h14H,5-13,15H2,1-4H3. The van der Waals surface area contributed by atoms with Crippen molar-refractivity contribution in [1.29, 1.82) is 0 Å². The molecule has 0 amide bonds. The van der Waals surface area contributed by atoms with Crippen molar-refractivity contribution in [3.8, 4) is 0 Å². The minimum Gasteiger partial charge on any atom is -0.412 e. The summed E-state index contributed by atoms with van der Waals surface area (Å²) >= 11 is 0. The van der Waals surface area contributed by atoms with Crippen LogP contribution in [0.4, 0.5) is 0 Å². The van der Waals surface area contributed by atoms with Gasteiger partial charge in [0.15, 0.2) is 8.32 Å². The van der Waals surface area contributed by atoms with E-state index in [2.05, 4.69) is 33.5 Å². The Morgan fingerprint density at radius 3 is 2.06 bits per heavy atom. The molecule has 1 radical (unpaired) electrons. The van der Waals surface area contributed by atoms with Gasteiger partial charge in [-0.15, -0.1) is 0 Å². The smallest absolute Gasteiger partial charge is 0.187 e. The van der Waals surface area contributed by atoms with Gasteiger partial charge in [-0.2, -0.15) is 0 Å². The fraction of sp³-hybridized carbons (Fsp3) is 0.933. The van der Waals surface area contributed by atoms with Gasteiger partial charge in [-0.25, -0.2) is 0 Å². The van der Waals surface area contributed by atoms with E-state index in [0.29, 0.717) is 0 Å². The summed E-state index contributed by atoms with van der Waals surface area (Å²) in [7, 11) is -1.36. The molecule has 1 nitrogen and oxygen atoms in total. The second-order valence-electron chi connectivity index (χ2n) is 5.70. The lowest BCUT2D eigenvalue weighted by Crippen LogP contribution is -2.28. The second kappa shape index (κ2) is 11.3. The van der Waals surface area contributed by atoms with Crippen molar-refractivity contribution in [2.45, 2.75) is 90.8 Å². The van der Waals surface area contributed by atoms with Crippen LogP contribution in [-0.4, -0.2) is 8.32 Å². The molecule has 0 aromatic carbocycles. The zero-order chi connectivity index (χ0) is 13.0. The van der Waals surface area contributed by atoms with E-state index >= 15 is 0 Å². The normalized spacial score (nSPS) is 12.0. The van der Waals surface area contributed by atoms with Crippen molar-refractivity contribution < 1.29 is 4.43 Å². The third-order valence-electron chi connectivity index (χ3n) is 3.21. The van der Waals surface area contributed by atoms with Crippen molar-refractivity contribution in [2.75, 3.05) is 0 Å². The zero-order valence-electron chi connectivity index (χ0n) is 12.6. The molecule has 0 fully saturated rings. The molecule has 0 aliphatic heterocycles. The third kappa shape index (κ3) is 12.4. The first-order valence-corrected chi connectivity index (χ1v) is 10.7. The van der Waals surface area contributed by atoms with Gasteiger partial charge in [-0.3, -0.25) is 0 Å². The molecule has 0 aromatic heterocycles. The Bertz CT molecular complexity index is 157. The fourth-order valence-corrected chi connectivity index (χ4v) is 3.85. The van der Waals surface area contributed by atoms with Crippen LogP contribution in [0.5, 0.6) is 0 Å². The van der Waals surface area contributed by atoms with Crippen LogP contribution in [0.2, 0.25) is 19.1 Å². The summed E-state index contributed by atoms with van der Waals surface area (Å²) in [6.07, 6.45) is 12.0. The average Bonchev–Trinajstić information content (AvgIpc) is 2.30. The first-order chi connectivity index (χ1) is 8.12. The van der Waals surface area contributed by atoms with Crippen molar-refractivity contribution in [1.82, 2.24) is 0 Å². The van der Waals surface area contributed by atoms with Gasteiger partial charge in [-0.05, 0) is 25.6 Å². The highest BCUT2D eigenvalue weighted by Gasteiger charge is 2.20. The Morgan fingerprint density at radius 1 is 0.824 bits per heavy atom. The van der Waals surface area contributed by atoms with Crippen LogP contribution in [0.1, 0.15) is 71.6 Å². The summed E-state index contributed by atoms with van der Waals surface area (Å²) in [5.41, 5.74) is 0. The number of hydrogen-bond donors (Lipinski definition) is 0. The van der Waals surface area contributed by atoms with Gasteiger partial charge >= 0.3 is 0 Å². The molecular formula is C15H33OSi. The summed E-state index contributed by atoms with van der Waals surface area (Å²) in [5, 5.41) is 0. The summed E-state index contributed by atoms with van der Waals surface area (Å²) in [6.45, 7) is 11.3. The molecule has 17 heavy (non-hydrogen) atoms. The molecule has 0 atom stereocenters. The zero-order valence-corrected chi connectivity index (χ0v) is 13.6. The van der Waals surface area contributed by atoms with Crippen LogP contribution >= 0.6 is 0 Å². The maximum atomic E-state index is 5.97. The van der Waals surface area contributed by atoms with Gasteiger partial charge in [0.25, 0.3) is 0 Å². The van der Waals surface area contributed by atoms with E-state index in [0.717, 1.165) is 6.42 Å². The largest absolute Gasteiger partial charge is 0.412 e. The Morgan fingerprint density at radius 2 is 1.41 bits per heavy atom. The molecule has 103 valence electrons. The molecule has 0 aliphatic rings. The summed E-state index contributed by atoms with van der Waals surface area (Å²) in [4.78, 5) is 0. The lowest BCUT2D eigenvalue weighted by atomic mass is 10.1. The van der Waals surface area contributed by atoms with Crippen molar-refractivity contribution in [2.24, 2.45) is 0 Å². The molecule has 0 aromatic rings. The first-order valence-electron chi connectivity index (χ1n) is 7.62. The third-order valence-corrected chi connectivity index (χ3v) is 5.57. The molecule has 0 rings (SSSR count). The van der Waals surface area contributed by atoms with Crippen LogP contribution < -0.4 is 0 Å². The molecule has 0 saturated heterocycles. The highest BCUT2D eigenvalue weighted by Crippen LogP contribution is 2.17. The van der Waals surface area contributed by atoms with E-state index < -0.39 is 8.32 Å². The Balaban J connectivity index is 3.26. The Labute approximate surface area is 110 Å². The van der Waals surface area contributed by atoms with Gasteiger partial charge in [0.1, 0.15) is 0 Å². The minimum atomic E-state index is -1.36. The van der Waals surface area contributed by atoms with E-state index in [-0.39, 0.29) is 0 Å². The van der Waals surface area contributed by atoms with Crippen LogP contribution in [0.15, 0.2) is 0 Å². The predicted octanol–water partition coefficient (Wildman–Crippen LogP) is 5.92. The van der Waals surface area contributed by atoms with E-state index in [1.54, 1.807) is 0 Å². The maximum Gasteiger partial charge on any atom is 0.187 e. The Hall–Kier alpha value is 0.177. The first kappa shape index (κ1) is 17.2. The summed E-state index contributed by atoms with van der Waals surface area (Å²) in [6, 6.07) is 1.30. The van der Waals surface area contributed by atoms with Gasteiger partial charge in [0, 0.05) is 0 Å². The average molecular weight is 258 g/mol. The second-order valence-corrected chi connectivity index (χ2v) is 9.96. The molecule has 0 bridgehead atoms. The highest BCUT2D eigenvalue weighted by molar-refractivity contribution is 6.71. The Kier molecular flexibility index (Phi) is 11.4. The van der Waals surface area contributed by atoms with Gasteiger partial charge in [-0.1, -0.05) is 65.2 Å². The SMILES string of the molecule is CCCCCCCC[CH]O[Si](C)(C)CCCC. The number of unbranched alkanes of at least 4 members (excludes halogenated alkanes) is 7. The van der Waals surface area contributed by atoms with E-state index in [1.807, 2.05) is 0 Å². The minimum absolute atomic E-state index is 1.15. The van der Waals surface area contributed by atoms with Crippen molar-refractivity contribution >= 4 is 8.32 Å². The molecule has 0 unspecified atom stereocenters. The summed E-state index contributed by atoms with van der Waals surface area (Å²) < 4.78 is 5.97. The number of rotatable bonds is 12. The molecule has 0 aliphatic carbocycles. The summed E-state index contributed by atoms with van der Waals surface area (Å²) in [5.74, 6) is 0.